The number of fused-ring (bicyclic) bond motifs is 3. The fourth-order valence-electron chi connectivity index (χ4n) is 3.67. The Kier molecular flexibility index (Phi) is 4.26. The molecule has 152 valence electrons. The van der Waals surface area contributed by atoms with Gasteiger partial charge in [-0.3, -0.25) is 4.79 Å². The molecular formula is C23H24O6. The van der Waals surface area contributed by atoms with E-state index >= 15 is 0 Å². The van der Waals surface area contributed by atoms with Crippen molar-refractivity contribution in [3.63, 3.8) is 0 Å². The van der Waals surface area contributed by atoms with E-state index in [9.17, 15) is 15.0 Å². The van der Waals surface area contributed by atoms with Gasteiger partial charge in [0, 0.05) is 17.0 Å². The smallest absolute Gasteiger partial charge is 0.204 e. The molecule has 6 nitrogen and oxygen atoms in total. The van der Waals surface area contributed by atoms with Crippen LogP contribution in [0.4, 0.5) is 0 Å². The van der Waals surface area contributed by atoms with Gasteiger partial charge in [0.25, 0.3) is 0 Å². The third-order valence-corrected chi connectivity index (χ3v) is 5.70. The minimum absolute atomic E-state index is 0.0156. The molecule has 1 aliphatic rings. The van der Waals surface area contributed by atoms with Crippen LogP contribution in [0, 0.1) is 0 Å². The molecular weight excluding hydrogens is 372 g/mol. The zero-order valence-corrected chi connectivity index (χ0v) is 17.1. The van der Waals surface area contributed by atoms with Crippen molar-refractivity contribution in [1.29, 1.82) is 0 Å². The molecule has 0 spiro atoms. The van der Waals surface area contributed by atoms with E-state index in [1.54, 1.807) is 6.07 Å². The molecule has 0 amide bonds. The topological polar surface area (TPSA) is 89.1 Å². The molecule has 0 saturated carbocycles. The summed E-state index contributed by atoms with van der Waals surface area (Å²) in [5.74, 6) is 0.309. The molecule has 6 heteroatoms. The molecule has 0 saturated heterocycles. The van der Waals surface area contributed by atoms with Crippen LogP contribution in [0.15, 0.2) is 39.1 Å². The van der Waals surface area contributed by atoms with Crippen molar-refractivity contribution in [2.24, 2.45) is 0 Å². The quantitative estimate of drug-likeness (QED) is 0.490. The number of allylic oxidation sites excluding steroid dienone is 1. The zero-order chi connectivity index (χ0) is 21.1. The highest BCUT2D eigenvalue weighted by Crippen LogP contribution is 2.50. The van der Waals surface area contributed by atoms with Crippen molar-refractivity contribution in [1.82, 2.24) is 0 Å². The number of ether oxygens (including phenoxy) is 2. The Hall–Kier alpha value is -3.15. The van der Waals surface area contributed by atoms with Crippen LogP contribution in [-0.2, 0) is 5.41 Å². The fraction of sp³-hybridized carbons (Fsp3) is 0.348. The van der Waals surface area contributed by atoms with Crippen LogP contribution >= 0.6 is 0 Å². The molecule has 1 atom stereocenters. The van der Waals surface area contributed by atoms with Crippen LogP contribution in [-0.4, -0.2) is 22.9 Å². The maximum absolute atomic E-state index is 13.1. The fourth-order valence-corrected chi connectivity index (χ4v) is 3.67. The van der Waals surface area contributed by atoms with Crippen molar-refractivity contribution in [2.75, 3.05) is 6.61 Å². The summed E-state index contributed by atoms with van der Waals surface area (Å²) in [5, 5.41) is 21.8. The lowest BCUT2D eigenvalue weighted by Gasteiger charge is -2.22. The average Bonchev–Trinajstić information content (AvgIpc) is 2.86. The molecule has 0 radical (unpaired) electrons. The Bertz CT molecular complexity index is 1230. The number of benzene rings is 2. The van der Waals surface area contributed by atoms with Gasteiger partial charge in [-0.05, 0) is 39.0 Å². The Morgan fingerprint density at radius 1 is 1.24 bits per heavy atom. The SMILES string of the molecule is CC(C)=CCOc1ccc2c(=O)c3c(O)c4c(cc3oc2c1O)O[C@H](C)C4(C)C. The molecule has 1 aliphatic heterocycles. The van der Waals surface area contributed by atoms with E-state index in [0.717, 1.165) is 5.57 Å². The molecule has 0 aliphatic carbocycles. The van der Waals surface area contributed by atoms with Gasteiger partial charge in [-0.25, -0.2) is 0 Å². The van der Waals surface area contributed by atoms with Gasteiger partial charge in [-0.15, -0.1) is 0 Å². The van der Waals surface area contributed by atoms with Crippen LogP contribution in [0.5, 0.6) is 23.0 Å². The molecule has 0 fully saturated rings. The zero-order valence-electron chi connectivity index (χ0n) is 17.1. The lowest BCUT2D eigenvalue weighted by Crippen LogP contribution is -2.29. The highest BCUT2D eigenvalue weighted by atomic mass is 16.5. The van der Waals surface area contributed by atoms with E-state index in [4.69, 9.17) is 13.9 Å². The standard InChI is InChI=1S/C23H24O6/c1-11(2)8-9-27-14-7-6-13-19(24)17-15(29-22(13)20(14)25)10-16-18(21(17)26)23(4,5)12(3)28-16/h6-8,10,12,25-26H,9H2,1-5H3/t12-/m1/s1. The van der Waals surface area contributed by atoms with Crippen LogP contribution < -0.4 is 14.9 Å². The van der Waals surface area contributed by atoms with Crippen molar-refractivity contribution >= 4 is 21.9 Å². The predicted molar refractivity (Wildman–Crippen MR) is 111 cm³/mol. The van der Waals surface area contributed by atoms with E-state index in [-0.39, 0.29) is 51.9 Å². The Balaban J connectivity index is 1.95. The van der Waals surface area contributed by atoms with Crippen LogP contribution in [0.1, 0.15) is 40.2 Å². The molecule has 2 heterocycles. The highest BCUT2D eigenvalue weighted by molar-refractivity contribution is 5.97. The number of hydrogen-bond acceptors (Lipinski definition) is 6. The van der Waals surface area contributed by atoms with Crippen LogP contribution in [0.2, 0.25) is 0 Å². The van der Waals surface area contributed by atoms with Crippen molar-refractivity contribution in [2.45, 2.75) is 46.1 Å². The second kappa shape index (κ2) is 6.44. The number of phenols is 2. The van der Waals surface area contributed by atoms with Crippen molar-refractivity contribution in [3.8, 4) is 23.0 Å². The monoisotopic (exact) mass is 396 g/mol. The van der Waals surface area contributed by atoms with Gasteiger partial charge in [0.1, 0.15) is 35.2 Å². The Morgan fingerprint density at radius 3 is 2.66 bits per heavy atom. The molecule has 1 aromatic heterocycles. The molecule has 4 rings (SSSR count). The molecule has 2 N–H and O–H groups in total. The summed E-state index contributed by atoms with van der Waals surface area (Å²) < 4.78 is 17.3. The second-order valence-electron chi connectivity index (χ2n) is 8.27. The lowest BCUT2D eigenvalue weighted by molar-refractivity contribution is 0.185. The van der Waals surface area contributed by atoms with Gasteiger partial charge >= 0.3 is 0 Å². The first-order valence-electron chi connectivity index (χ1n) is 9.54. The number of phenolic OH excluding ortho intramolecular Hbond substituents is 2. The first kappa shape index (κ1) is 19.2. The van der Waals surface area contributed by atoms with E-state index in [1.165, 1.54) is 12.1 Å². The summed E-state index contributed by atoms with van der Waals surface area (Å²) in [7, 11) is 0. The largest absolute Gasteiger partial charge is 0.507 e. The summed E-state index contributed by atoms with van der Waals surface area (Å²) in [6.07, 6.45) is 1.70. The summed E-state index contributed by atoms with van der Waals surface area (Å²) in [4.78, 5) is 13.1. The molecule has 2 aromatic carbocycles. The minimum atomic E-state index is -0.459. The van der Waals surface area contributed by atoms with E-state index < -0.39 is 10.8 Å². The normalized spacial score (nSPS) is 17.2. The Morgan fingerprint density at radius 2 is 1.97 bits per heavy atom. The van der Waals surface area contributed by atoms with Crippen molar-refractivity contribution in [3.05, 3.63) is 45.6 Å². The van der Waals surface area contributed by atoms with Gasteiger partial charge in [0.05, 0.1) is 5.39 Å². The van der Waals surface area contributed by atoms with Crippen molar-refractivity contribution < 1.29 is 24.1 Å². The van der Waals surface area contributed by atoms with Gasteiger partial charge in [0.15, 0.2) is 11.3 Å². The number of hydrogen-bond donors (Lipinski definition) is 2. The highest BCUT2D eigenvalue weighted by Gasteiger charge is 2.42. The number of aromatic hydroxyl groups is 2. The first-order valence-corrected chi connectivity index (χ1v) is 9.54. The molecule has 29 heavy (non-hydrogen) atoms. The van der Waals surface area contributed by atoms with E-state index in [2.05, 4.69) is 0 Å². The minimum Gasteiger partial charge on any atom is -0.507 e. The van der Waals surface area contributed by atoms with E-state index in [0.29, 0.717) is 11.3 Å². The van der Waals surface area contributed by atoms with Crippen LogP contribution in [0.3, 0.4) is 0 Å². The first-order chi connectivity index (χ1) is 13.6. The summed E-state index contributed by atoms with van der Waals surface area (Å²) >= 11 is 0. The van der Waals surface area contributed by atoms with E-state index in [1.807, 2.05) is 40.7 Å². The second-order valence-corrected chi connectivity index (χ2v) is 8.27. The third-order valence-electron chi connectivity index (χ3n) is 5.70. The van der Waals surface area contributed by atoms with Gasteiger partial charge < -0.3 is 24.1 Å². The summed E-state index contributed by atoms with van der Waals surface area (Å²) in [6, 6.07) is 4.67. The average molecular weight is 396 g/mol. The lowest BCUT2D eigenvalue weighted by atomic mass is 9.80. The maximum Gasteiger partial charge on any atom is 0.204 e. The maximum atomic E-state index is 13.1. The Labute approximate surface area is 168 Å². The molecule has 0 bridgehead atoms. The predicted octanol–water partition coefficient (Wildman–Crippen LogP) is 4.76. The summed E-state index contributed by atoms with van der Waals surface area (Å²) in [6.45, 7) is 10.0. The van der Waals surface area contributed by atoms with Crippen LogP contribution in [0.25, 0.3) is 21.9 Å². The molecule has 3 aromatic rings. The number of rotatable bonds is 3. The summed E-state index contributed by atoms with van der Waals surface area (Å²) in [5.41, 5.74) is 0.976. The van der Waals surface area contributed by atoms with Gasteiger partial charge in [0.2, 0.25) is 11.2 Å². The van der Waals surface area contributed by atoms with Gasteiger partial charge in [-0.2, -0.15) is 0 Å². The molecule has 0 unspecified atom stereocenters. The van der Waals surface area contributed by atoms with Gasteiger partial charge in [-0.1, -0.05) is 19.4 Å². The third kappa shape index (κ3) is 2.82.